The van der Waals surface area contributed by atoms with Crippen molar-refractivity contribution in [3.05, 3.63) is 0 Å². The topological polar surface area (TPSA) is 43.4 Å². The van der Waals surface area contributed by atoms with Gasteiger partial charge in [0.2, 0.25) is 0 Å². The van der Waals surface area contributed by atoms with Gasteiger partial charge in [-0.05, 0) is 25.4 Å². The Bertz CT molecular complexity index is 169. The molecule has 1 rings (SSSR count). The van der Waals surface area contributed by atoms with E-state index in [-0.39, 0.29) is 30.7 Å². The van der Waals surface area contributed by atoms with Crippen molar-refractivity contribution in [2.75, 3.05) is 19.6 Å². The van der Waals surface area contributed by atoms with E-state index >= 15 is 0 Å². The molecular formula is C9H16LiNO2. The standard InChI is InChI=1S/C9H17NO2.Li/c1-7(2)8(9(11)12)6-10-4-3-5-10;/h7-8H,3-6H2,1-2H3,(H,11,12);/q;+1/p-1/t8-;/m1./s1. The minimum atomic E-state index is -0.906. The SMILES string of the molecule is CC(C)[C@@H](CN1CCC1)C(=O)[O-].[Li+]. The molecule has 0 bridgehead atoms. The predicted molar refractivity (Wildman–Crippen MR) is 44.4 cm³/mol. The first-order valence-electron chi connectivity index (χ1n) is 4.54. The number of likely N-dealkylation sites (tertiary alicyclic amines) is 1. The van der Waals surface area contributed by atoms with Gasteiger partial charge in [-0.25, -0.2) is 0 Å². The summed E-state index contributed by atoms with van der Waals surface area (Å²) in [7, 11) is 0. The van der Waals surface area contributed by atoms with Gasteiger partial charge < -0.3 is 14.8 Å². The number of rotatable bonds is 4. The molecule has 13 heavy (non-hydrogen) atoms. The first-order valence-corrected chi connectivity index (χ1v) is 4.54. The van der Waals surface area contributed by atoms with Crippen LogP contribution in [0.5, 0.6) is 0 Å². The van der Waals surface area contributed by atoms with Gasteiger partial charge in [-0.1, -0.05) is 13.8 Å². The van der Waals surface area contributed by atoms with Crippen molar-refractivity contribution in [2.24, 2.45) is 11.8 Å². The van der Waals surface area contributed by atoms with Gasteiger partial charge in [0.15, 0.2) is 0 Å². The van der Waals surface area contributed by atoms with Gasteiger partial charge in [-0.2, -0.15) is 0 Å². The molecule has 0 spiro atoms. The summed E-state index contributed by atoms with van der Waals surface area (Å²) in [5.74, 6) is -1.03. The molecule has 0 aromatic rings. The van der Waals surface area contributed by atoms with Crippen molar-refractivity contribution in [1.29, 1.82) is 0 Å². The van der Waals surface area contributed by atoms with Crippen LogP contribution in [0, 0.1) is 11.8 Å². The van der Waals surface area contributed by atoms with E-state index in [1.54, 1.807) is 0 Å². The van der Waals surface area contributed by atoms with Crippen LogP contribution in [0.3, 0.4) is 0 Å². The average Bonchev–Trinajstić information content (AvgIpc) is 1.82. The van der Waals surface area contributed by atoms with E-state index in [0.29, 0.717) is 6.54 Å². The monoisotopic (exact) mass is 177 g/mol. The minimum Gasteiger partial charge on any atom is -0.550 e. The first kappa shape index (κ1) is 13.0. The quantitative estimate of drug-likeness (QED) is 0.423. The Hall–Kier alpha value is 0.0274. The Labute approximate surface area is 91.7 Å². The Morgan fingerprint density at radius 2 is 2.00 bits per heavy atom. The van der Waals surface area contributed by atoms with Crippen LogP contribution < -0.4 is 24.0 Å². The van der Waals surface area contributed by atoms with Crippen LogP contribution >= 0.6 is 0 Å². The summed E-state index contributed by atoms with van der Waals surface area (Å²) in [6, 6.07) is 0. The zero-order chi connectivity index (χ0) is 9.14. The van der Waals surface area contributed by atoms with Crippen molar-refractivity contribution in [2.45, 2.75) is 20.3 Å². The minimum absolute atomic E-state index is 0. The van der Waals surface area contributed by atoms with Crippen molar-refractivity contribution < 1.29 is 28.8 Å². The molecule has 0 aromatic carbocycles. The van der Waals surface area contributed by atoms with Crippen LogP contribution in [0.15, 0.2) is 0 Å². The number of carboxylic acid groups (broad SMARTS) is 1. The molecule has 1 saturated heterocycles. The molecule has 1 aliphatic rings. The molecule has 0 aliphatic carbocycles. The first-order chi connectivity index (χ1) is 5.61. The van der Waals surface area contributed by atoms with E-state index in [2.05, 4.69) is 4.90 Å². The zero-order valence-electron chi connectivity index (χ0n) is 8.75. The molecule has 0 saturated carbocycles. The third-order valence-electron chi connectivity index (χ3n) is 2.51. The second-order valence-electron chi connectivity index (χ2n) is 3.82. The summed E-state index contributed by atoms with van der Waals surface area (Å²) in [6.07, 6.45) is 1.21. The van der Waals surface area contributed by atoms with E-state index in [1.165, 1.54) is 6.42 Å². The smallest absolute Gasteiger partial charge is 0.550 e. The molecule has 4 heteroatoms. The van der Waals surface area contributed by atoms with Crippen molar-refractivity contribution in [3.8, 4) is 0 Å². The largest absolute Gasteiger partial charge is 1.00 e. The van der Waals surface area contributed by atoms with Crippen LogP contribution in [0.2, 0.25) is 0 Å². The Morgan fingerprint density at radius 1 is 1.46 bits per heavy atom. The van der Waals surface area contributed by atoms with Gasteiger partial charge in [0.25, 0.3) is 0 Å². The summed E-state index contributed by atoms with van der Waals surface area (Å²) < 4.78 is 0. The Balaban J connectivity index is 0.00000144. The molecule has 0 N–H and O–H groups in total. The normalized spacial score (nSPS) is 19.0. The van der Waals surface area contributed by atoms with Crippen LogP contribution in [-0.2, 0) is 4.79 Å². The number of hydrogen-bond acceptors (Lipinski definition) is 3. The fraction of sp³-hybridized carbons (Fsp3) is 0.889. The fourth-order valence-corrected chi connectivity index (χ4v) is 1.40. The van der Waals surface area contributed by atoms with Gasteiger partial charge in [0.1, 0.15) is 0 Å². The van der Waals surface area contributed by atoms with Crippen molar-refractivity contribution in [1.82, 2.24) is 4.90 Å². The Kier molecular flexibility index (Phi) is 5.71. The summed E-state index contributed by atoms with van der Waals surface area (Å²) in [6.45, 7) is 6.63. The molecule has 0 amide bonds. The zero-order valence-corrected chi connectivity index (χ0v) is 8.75. The number of nitrogens with zero attached hydrogens (tertiary/aromatic N) is 1. The van der Waals surface area contributed by atoms with Gasteiger partial charge in [0, 0.05) is 18.4 Å². The molecule has 1 fully saturated rings. The molecule has 0 aromatic heterocycles. The van der Waals surface area contributed by atoms with Crippen molar-refractivity contribution >= 4 is 5.97 Å². The average molecular weight is 177 g/mol. The molecule has 0 radical (unpaired) electrons. The van der Waals surface area contributed by atoms with Gasteiger partial charge in [-0.15, -0.1) is 0 Å². The Morgan fingerprint density at radius 3 is 2.23 bits per heavy atom. The number of carbonyl (C=O) groups excluding carboxylic acids is 1. The fourth-order valence-electron chi connectivity index (χ4n) is 1.40. The van der Waals surface area contributed by atoms with E-state index in [0.717, 1.165) is 13.1 Å². The van der Waals surface area contributed by atoms with Crippen LogP contribution in [0.1, 0.15) is 20.3 Å². The molecule has 1 aliphatic heterocycles. The second kappa shape index (κ2) is 5.69. The molecule has 1 atom stereocenters. The number of carbonyl (C=O) groups is 1. The number of hydrogen-bond donors (Lipinski definition) is 0. The van der Waals surface area contributed by atoms with Gasteiger partial charge >= 0.3 is 18.9 Å². The third kappa shape index (κ3) is 3.72. The maximum atomic E-state index is 10.7. The summed E-state index contributed by atoms with van der Waals surface area (Å²) in [4.78, 5) is 12.8. The van der Waals surface area contributed by atoms with Crippen molar-refractivity contribution in [3.63, 3.8) is 0 Å². The van der Waals surface area contributed by atoms with Crippen LogP contribution in [-0.4, -0.2) is 30.5 Å². The second-order valence-corrected chi connectivity index (χ2v) is 3.82. The van der Waals surface area contributed by atoms with Crippen LogP contribution in [0.25, 0.3) is 0 Å². The van der Waals surface area contributed by atoms with Gasteiger partial charge in [0.05, 0.1) is 0 Å². The summed E-state index contributed by atoms with van der Waals surface area (Å²) in [5, 5.41) is 10.7. The number of carboxylic acids is 1. The van der Waals surface area contributed by atoms with Crippen LogP contribution in [0.4, 0.5) is 0 Å². The predicted octanol–water partition coefficient (Wildman–Crippen LogP) is -3.28. The third-order valence-corrected chi connectivity index (χ3v) is 2.51. The van der Waals surface area contributed by atoms with E-state index in [4.69, 9.17) is 0 Å². The molecular weight excluding hydrogens is 161 g/mol. The molecule has 1 heterocycles. The molecule has 0 unspecified atom stereocenters. The molecule has 70 valence electrons. The van der Waals surface area contributed by atoms with Gasteiger partial charge in [-0.3, -0.25) is 0 Å². The molecule has 3 nitrogen and oxygen atoms in total. The summed E-state index contributed by atoms with van der Waals surface area (Å²) >= 11 is 0. The van der Waals surface area contributed by atoms with E-state index in [9.17, 15) is 9.90 Å². The number of aliphatic carboxylic acids is 1. The maximum absolute atomic E-state index is 10.7. The maximum Gasteiger partial charge on any atom is 1.00 e. The summed E-state index contributed by atoms with van der Waals surface area (Å²) in [5.41, 5.74) is 0. The van der Waals surface area contributed by atoms with E-state index in [1.807, 2.05) is 13.8 Å². The van der Waals surface area contributed by atoms with E-state index < -0.39 is 5.97 Å².